The van der Waals surface area contributed by atoms with Gasteiger partial charge in [0, 0.05) is 0 Å². The van der Waals surface area contributed by atoms with Gasteiger partial charge in [-0.05, 0) is 65.2 Å². The first-order valence-corrected chi connectivity index (χ1v) is 9.57. The largest absolute Gasteiger partial charge is 0.497 e. The molecule has 5 heteroatoms. The molecular weight excluding hydrogens is 368 g/mol. The van der Waals surface area contributed by atoms with Crippen molar-refractivity contribution in [2.75, 3.05) is 13.7 Å². The maximum atomic E-state index is 12.5. The first kappa shape index (κ1) is 20.4. The lowest BCUT2D eigenvalue weighted by molar-refractivity contribution is 0.0447. The fourth-order valence-electron chi connectivity index (χ4n) is 2.72. The van der Waals surface area contributed by atoms with E-state index in [0.29, 0.717) is 29.4 Å². The fraction of sp³-hybridized carbons (Fsp3) is 0.250. The van der Waals surface area contributed by atoms with Crippen LogP contribution in [-0.2, 0) is 4.74 Å². The Morgan fingerprint density at radius 1 is 0.828 bits per heavy atom. The summed E-state index contributed by atoms with van der Waals surface area (Å²) in [6.07, 6.45) is 0.949. The molecule has 0 radical (unpaired) electrons. The third kappa shape index (κ3) is 5.13. The molecule has 0 aliphatic rings. The number of carbonyl (C=O) groups is 2. The Labute approximate surface area is 170 Å². The number of benzene rings is 3. The summed E-state index contributed by atoms with van der Waals surface area (Å²) in [6, 6.07) is 17.3. The molecule has 0 saturated carbocycles. The van der Waals surface area contributed by atoms with Crippen LogP contribution in [0.5, 0.6) is 11.5 Å². The maximum absolute atomic E-state index is 12.5. The summed E-state index contributed by atoms with van der Waals surface area (Å²) in [6.45, 7) is 4.47. The minimum Gasteiger partial charge on any atom is -0.497 e. The fourth-order valence-corrected chi connectivity index (χ4v) is 2.72. The molecule has 0 aliphatic heterocycles. The van der Waals surface area contributed by atoms with E-state index < -0.39 is 5.97 Å². The number of ether oxygens (including phenoxy) is 3. The number of hydrogen-bond acceptors (Lipinski definition) is 5. The average Bonchev–Trinajstić information content (AvgIpc) is 2.76. The van der Waals surface area contributed by atoms with E-state index in [1.807, 2.05) is 38.1 Å². The Hall–Kier alpha value is -3.34. The van der Waals surface area contributed by atoms with Crippen molar-refractivity contribution in [2.24, 2.45) is 5.92 Å². The topological polar surface area (TPSA) is 61.8 Å². The summed E-state index contributed by atoms with van der Waals surface area (Å²) < 4.78 is 15.9. The summed E-state index contributed by atoms with van der Waals surface area (Å²) in [4.78, 5) is 24.5. The second kappa shape index (κ2) is 9.24. The van der Waals surface area contributed by atoms with Gasteiger partial charge >= 0.3 is 11.9 Å². The molecule has 0 amide bonds. The number of carbonyl (C=O) groups excluding carboxylic acids is 2. The quantitative estimate of drug-likeness (QED) is 0.405. The molecule has 3 aromatic rings. The molecule has 1 atom stereocenters. The van der Waals surface area contributed by atoms with Gasteiger partial charge in [0.25, 0.3) is 0 Å². The summed E-state index contributed by atoms with van der Waals surface area (Å²) in [5.41, 5.74) is 0.868. The SMILES string of the molecule is CC[C@H](C)COC(=O)c1ccc(OC(=O)c2ccc3cc(OC)ccc3c2)cc1. The van der Waals surface area contributed by atoms with Crippen LogP contribution in [0.25, 0.3) is 10.8 Å². The molecule has 0 heterocycles. The van der Waals surface area contributed by atoms with Crippen molar-refractivity contribution in [3.05, 3.63) is 71.8 Å². The standard InChI is InChI=1S/C24H24O5/c1-4-16(2)15-28-23(25)17-7-10-21(11-8-17)29-24(26)20-6-5-19-14-22(27-3)12-9-18(19)13-20/h5-14,16H,4,15H2,1-3H3/t16-/m0/s1. The predicted octanol–water partition coefficient (Wildman–Crippen LogP) is 5.27. The molecule has 0 spiro atoms. The lowest BCUT2D eigenvalue weighted by Gasteiger charge is -2.10. The lowest BCUT2D eigenvalue weighted by Crippen LogP contribution is -2.12. The monoisotopic (exact) mass is 392 g/mol. The number of rotatable bonds is 7. The van der Waals surface area contributed by atoms with Crippen LogP contribution in [0.3, 0.4) is 0 Å². The van der Waals surface area contributed by atoms with Gasteiger partial charge in [-0.2, -0.15) is 0 Å². The lowest BCUT2D eigenvalue weighted by atomic mass is 10.1. The van der Waals surface area contributed by atoms with Gasteiger partial charge in [0.15, 0.2) is 0 Å². The first-order valence-electron chi connectivity index (χ1n) is 9.57. The number of fused-ring (bicyclic) bond motifs is 1. The van der Waals surface area contributed by atoms with E-state index in [0.717, 1.165) is 22.9 Å². The smallest absolute Gasteiger partial charge is 0.343 e. The molecule has 0 fully saturated rings. The number of hydrogen-bond donors (Lipinski definition) is 0. The van der Waals surface area contributed by atoms with Gasteiger partial charge in [-0.25, -0.2) is 9.59 Å². The van der Waals surface area contributed by atoms with E-state index in [-0.39, 0.29) is 5.97 Å². The molecule has 5 nitrogen and oxygen atoms in total. The highest BCUT2D eigenvalue weighted by atomic mass is 16.5. The van der Waals surface area contributed by atoms with E-state index >= 15 is 0 Å². The van der Waals surface area contributed by atoms with Crippen LogP contribution in [0.4, 0.5) is 0 Å². The van der Waals surface area contributed by atoms with Crippen molar-refractivity contribution in [1.82, 2.24) is 0 Å². The van der Waals surface area contributed by atoms with Crippen molar-refractivity contribution >= 4 is 22.7 Å². The highest BCUT2D eigenvalue weighted by Gasteiger charge is 2.12. The molecule has 0 saturated heterocycles. The molecule has 0 N–H and O–H groups in total. The van der Waals surface area contributed by atoms with Crippen molar-refractivity contribution < 1.29 is 23.8 Å². The van der Waals surface area contributed by atoms with E-state index in [1.54, 1.807) is 43.5 Å². The first-order chi connectivity index (χ1) is 14.0. The molecule has 0 aliphatic carbocycles. The molecule has 0 aromatic heterocycles. The van der Waals surface area contributed by atoms with Gasteiger partial charge in [-0.15, -0.1) is 0 Å². The van der Waals surface area contributed by atoms with Crippen LogP contribution in [0.1, 0.15) is 41.0 Å². The molecule has 29 heavy (non-hydrogen) atoms. The van der Waals surface area contributed by atoms with Gasteiger partial charge in [0.05, 0.1) is 24.8 Å². The summed E-state index contributed by atoms with van der Waals surface area (Å²) in [7, 11) is 1.61. The average molecular weight is 392 g/mol. The van der Waals surface area contributed by atoms with Crippen LogP contribution >= 0.6 is 0 Å². The summed E-state index contributed by atoms with van der Waals surface area (Å²) in [5.74, 6) is 0.601. The zero-order valence-corrected chi connectivity index (χ0v) is 16.8. The second-order valence-corrected chi connectivity index (χ2v) is 6.95. The van der Waals surface area contributed by atoms with E-state index in [1.165, 1.54) is 0 Å². The van der Waals surface area contributed by atoms with Crippen LogP contribution < -0.4 is 9.47 Å². The van der Waals surface area contributed by atoms with Crippen molar-refractivity contribution in [1.29, 1.82) is 0 Å². The maximum Gasteiger partial charge on any atom is 0.343 e. The van der Waals surface area contributed by atoms with E-state index in [9.17, 15) is 9.59 Å². The van der Waals surface area contributed by atoms with Crippen molar-refractivity contribution in [2.45, 2.75) is 20.3 Å². The molecular formula is C24H24O5. The Morgan fingerprint density at radius 3 is 2.14 bits per heavy atom. The van der Waals surface area contributed by atoms with Crippen molar-refractivity contribution in [3.63, 3.8) is 0 Å². The Morgan fingerprint density at radius 2 is 1.45 bits per heavy atom. The third-order valence-corrected chi connectivity index (χ3v) is 4.78. The van der Waals surface area contributed by atoms with Crippen LogP contribution in [0, 0.1) is 5.92 Å². The van der Waals surface area contributed by atoms with Crippen LogP contribution in [-0.4, -0.2) is 25.7 Å². The highest BCUT2D eigenvalue weighted by Crippen LogP contribution is 2.23. The zero-order chi connectivity index (χ0) is 20.8. The molecule has 0 unspecified atom stereocenters. The van der Waals surface area contributed by atoms with E-state index in [2.05, 4.69) is 0 Å². The minimum atomic E-state index is -0.463. The highest BCUT2D eigenvalue weighted by molar-refractivity contribution is 5.97. The van der Waals surface area contributed by atoms with Crippen LogP contribution in [0.2, 0.25) is 0 Å². The Balaban J connectivity index is 1.66. The summed E-state index contributed by atoms with van der Waals surface area (Å²) >= 11 is 0. The van der Waals surface area contributed by atoms with E-state index in [4.69, 9.17) is 14.2 Å². The van der Waals surface area contributed by atoms with Gasteiger partial charge < -0.3 is 14.2 Å². The van der Waals surface area contributed by atoms with Gasteiger partial charge in [0.2, 0.25) is 0 Å². The molecule has 150 valence electrons. The molecule has 3 aromatic carbocycles. The normalized spacial score (nSPS) is 11.7. The zero-order valence-electron chi connectivity index (χ0n) is 16.8. The third-order valence-electron chi connectivity index (χ3n) is 4.78. The predicted molar refractivity (Wildman–Crippen MR) is 112 cm³/mol. The van der Waals surface area contributed by atoms with Crippen molar-refractivity contribution in [3.8, 4) is 11.5 Å². The Kier molecular flexibility index (Phi) is 6.50. The summed E-state index contributed by atoms with van der Waals surface area (Å²) in [5, 5.41) is 1.89. The number of methoxy groups -OCH3 is 1. The molecule has 3 rings (SSSR count). The number of esters is 2. The minimum absolute atomic E-state index is 0.321. The van der Waals surface area contributed by atoms with Gasteiger partial charge in [-0.1, -0.05) is 32.4 Å². The second-order valence-electron chi connectivity index (χ2n) is 6.95. The van der Waals surface area contributed by atoms with Gasteiger partial charge in [0.1, 0.15) is 11.5 Å². The Bertz CT molecular complexity index is 1010. The van der Waals surface area contributed by atoms with Crippen LogP contribution in [0.15, 0.2) is 60.7 Å². The molecule has 0 bridgehead atoms. The van der Waals surface area contributed by atoms with Gasteiger partial charge in [-0.3, -0.25) is 0 Å².